The fourth-order valence-corrected chi connectivity index (χ4v) is 8.54. The number of rotatable bonds is 18. The van der Waals surface area contributed by atoms with Crippen LogP contribution in [0.2, 0.25) is 0 Å². The molecule has 2 aromatic rings. The zero-order valence-corrected chi connectivity index (χ0v) is 33.2. The Bertz CT molecular complexity index is 1680. The molecule has 3 N–H and O–H groups in total. The Balaban J connectivity index is 1.27. The van der Waals surface area contributed by atoms with Crippen LogP contribution in [-0.4, -0.2) is 59.6 Å². The molecule has 3 heterocycles. The molecule has 0 radical (unpaired) electrons. The third-order valence-corrected chi connectivity index (χ3v) is 11.5. The van der Waals surface area contributed by atoms with E-state index in [1.807, 2.05) is 49.7 Å². The number of aromatic hydroxyl groups is 1. The molecule has 1 fully saturated rings. The highest BCUT2D eigenvalue weighted by Gasteiger charge is 2.53. The van der Waals surface area contributed by atoms with Crippen molar-refractivity contribution >= 4 is 29.1 Å². The van der Waals surface area contributed by atoms with Gasteiger partial charge < -0.3 is 25.2 Å². The van der Waals surface area contributed by atoms with Gasteiger partial charge in [-0.3, -0.25) is 14.5 Å². The van der Waals surface area contributed by atoms with Crippen LogP contribution in [0.15, 0.2) is 64.8 Å². The van der Waals surface area contributed by atoms with Crippen LogP contribution in [0.25, 0.3) is 0 Å². The van der Waals surface area contributed by atoms with Gasteiger partial charge >= 0.3 is 5.97 Å². The van der Waals surface area contributed by atoms with E-state index in [0.717, 1.165) is 65.9 Å². The Morgan fingerprint density at radius 3 is 2.66 bits per heavy atom. The summed E-state index contributed by atoms with van der Waals surface area (Å²) in [5.74, 6) is 1.15. The minimum absolute atomic E-state index is 0.0830. The summed E-state index contributed by atoms with van der Waals surface area (Å²) in [5, 5.41) is 19.6. The Morgan fingerprint density at radius 2 is 1.94 bits per heavy atom. The van der Waals surface area contributed by atoms with Crippen LogP contribution < -0.4 is 15.4 Å². The number of phenols is 1. The van der Waals surface area contributed by atoms with Crippen molar-refractivity contribution < 1.29 is 29.0 Å². The summed E-state index contributed by atoms with van der Waals surface area (Å²) in [4.78, 5) is 42.0. The highest BCUT2D eigenvalue weighted by molar-refractivity contribution is 7.10. The van der Waals surface area contributed by atoms with Crippen molar-refractivity contribution in [2.75, 3.05) is 19.8 Å². The molecule has 0 spiro atoms. The quantitative estimate of drug-likeness (QED) is 0.0614. The smallest absolute Gasteiger partial charge is 0.355 e. The number of carbonyl (C=O) groups excluding carboxylic acids is 3. The number of aryl methyl sites for hydroxylation is 1. The molecule has 288 valence electrons. The van der Waals surface area contributed by atoms with Crippen molar-refractivity contribution in [2.24, 2.45) is 17.8 Å². The monoisotopic (exact) mass is 745 g/mol. The van der Waals surface area contributed by atoms with Crippen LogP contribution in [0.1, 0.15) is 108 Å². The number of fused-ring (bicyclic) bond motifs is 1. The summed E-state index contributed by atoms with van der Waals surface area (Å²) >= 11 is 1.51. The fourth-order valence-electron chi connectivity index (χ4n) is 7.84. The molecule has 0 bridgehead atoms. The van der Waals surface area contributed by atoms with Gasteiger partial charge in [-0.1, -0.05) is 65.2 Å². The first-order chi connectivity index (χ1) is 25.5. The molecule has 9 nitrogen and oxygen atoms in total. The number of allylic oxidation sites excluding steroid dienone is 2. The molecule has 1 aromatic heterocycles. The maximum atomic E-state index is 13.4. The van der Waals surface area contributed by atoms with E-state index in [2.05, 4.69) is 50.5 Å². The predicted molar refractivity (Wildman–Crippen MR) is 211 cm³/mol. The van der Waals surface area contributed by atoms with Crippen LogP contribution >= 0.6 is 11.3 Å². The lowest BCUT2D eigenvalue weighted by atomic mass is 9.71. The van der Waals surface area contributed by atoms with Crippen molar-refractivity contribution in [2.45, 2.75) is 117 Å². The molecule has 2 aliphatic heterocycles. The Kier molecular flexibility index (Phi) is 14.3. The molecule has 5 rings (SSSR count). The molecule has 1 aliphatic carbocycles. The molecule has 53 heavy (non-hydrogen) atoms. The highest BCUT2D eigenvalue weighted by atomic mass is 32.1. The summed E-state index contributed by atoms with van der Waals surface area (Å²) < 4.78 is 12.1. The molecular weight excluding hydrogens is 687 g/mol. The molecule has 1 saturated heterocycles. The van der Waals surface area contributed by atoms with Crippen LogP contribution in [0.5, 0.6) is 11.5 Å². The lowest BCUT2D eigenvalue weighted by Crippen LogP contribution is -2.72. The van der Waals surface area contributed by atoms with E-state index >= 15 is 0 Å². The first-order valence-corrected chi connectivity index (χ1v) is 20.4. The number of carbonyl (C=O) groups is 3. The number of amides is 2. The van der Waals surface area contributed by atoms with Crippen molar-refractivity contribution in [1.29, 1.82) is 0 Å². The minimum Gasteiger partial charge on any atom is -0.507 e. The molecule has 1 aromatic carbocycles. The van der Waals surface area contributed by atoms with Gasteiger partial charge in [-0.2, -0.15) is 0 Å². The van der Waals surface area contributed by atoms with Gasteiger partial charge in [0.2, 0.25) is 5.91 Å². The van der Waals surface area contributed by atoms with Gasteiger partial charge in [0.1, 0.15) is 29.8 Å². The number of benzene rings is 1. The van der Waals surface area contributed by atoms with Gasteiger partial charge in [0, 0.05) is 22.9 Å². The summed E-state index contributed by atoms with van der Waals surface area (Å²) in [5.41, 5.74) is 4.37. The Morgan fingerprint density at radius 1 is 1.13 bits per heavy atom. The molecular formula is C43H59N3O6S. The summed E-state index contributed by atoms with van der Waals surface area (Å²) in [6.07, 6.45) is 13.9. The van der Waals surface area contributed by atoms with Gasteiger partial charge in [0.05, 0.1) is 19.1 Å². The molecule has 3 aliphatic rings. The van der Waals surface area contributed by atoms with E-state index < -0.39 is 12.0 Å². The van der Waals surface area contributed by atoms with E-state index in [-0.39, 0.29) is 48.4 Å². The molecule has 2 amide bonds. The third-order valence-electron chi connectivity index (χ3n) is 10.6. The zero-order valence-electron chi connectivity index (χ0n) is 32.4. The van der Waals surface area contributed by atoms with E-state index in [1.165, 1.54) is 21.8 Å². The van der Waals surface area contributed by atoms with Crippen molar-refractivity contribution in [1.82, 2.24) is 15.5 Å². The second-order valence-electron chi connectivity index (χ2n) is 15.6. The number of nitrogens with zero attached hydrogens (tertiary/aromatic N) is 1. The van der Waals surface area contributed by atoms with E-state index in [1.54, 1.807) is 0 Å². The maximum absolute atomic E-state index is 13.4. The topological polar surface area (TPSA) is 117 Å². The zero-order chi connectivity index (χ0) is 38.1. The van der Waals surface area contributed by atoms with Crippen molar-refractivity contribution in [3.63, 3.8) is 0 Å². The van der Waals surface area contributed by atoms with Crippen LogP contribution in [-0.2, 0) is 32.0 Å². The average molecular weight is 746 g/mol. The predicted octanol–water partition coefficient (Wildman–Crippen LogP) is 7.95. The minimum atomic E-state index is -0.653. The number of hydrogen-bond acceptors (Lipinski definition) is 8. The van der Waals surface area contributed by atoms with Crippen molar-refractivity contribution in [3.05, 3.63) is 80.8 Å². The SMILES string of the molecule is CCCCCc1cc(O)c([C@@H]2C=C(C)CC[C@H]2C(C)C)c(OC/C=C/NCC2=C(C(=O)OCC(C)C)N3C(=O)[C@@H](NC(=O)Cc4cccs4)[C@H]3CC2)c1. The summed E-state index contributed by atoms with van der Waals surface area (Å²) in [6.45, 7) is 13.7. The van der Waals surface area contributed by atoms with Crippen LogP contribution in [0, 0.1) is 17.8 Å². The summed E-state index contributed by atoms with van der Waals surface area (Å²) in [7, 11) is 0. The largest absolute Gasteiger partial charge is 0.507 e. The number of β-lactam (4-membered cyclic amide) rings is 1. The van der Waals surface area contributed by atoms with Gasteiger partial charge in [0.25, 0.3) is 5.91 Å². The lowest BCUT2D eigenvalue weighted by molar-refractivity contribution is -0.158. The van der Waals surface area contributed by atoms with E-state index in [0.29, 0.717) is 43.6 Å². The highest BCUT2D eigenvalue weighted by Crippen LogP contribution is 2.47. The second kappa shape index (κ2) is 18.8. The number of unbranched alkanes of at least 4 members (excludes halogenated alkanes) is 2. The van der Waals surface area contributed by atoms with Crippen LogP contribution in [0.3, 0.4) is 0 Å². The lowest BCUT2D eigenvalue weighted by Gasteiger charge is -2.50. The molecule has 0 saturated carbocycles. The Labute approximate surface area is 319 Å². The number of nitrogens with one attached hydrogen (secondary N) is 2. The number of hydrogen-bond donors (Lipinski definition) is 3. The Hall–Kier alpha value is -4.05. The maximum Gasteiger partial charge on any atom is 0.355 e. The molecule has 10 heteroatoms. The first kappa shape index (κ1) is 40.1. The van der Waals surface area contributed by atoms with Gasteiger partial charge in [-0.05, 0) is 110 Å². The van der Waals surface area contributed by atoms with Gasteiger partial charge in [-0.25, -0.2) is 4.79 Å². The summed E-state index contributed by atoms with van der Waals surface area (Å²) in [6, 6.07) is 6.90. The average Bonchev–Trinajstić information content (AvgIpc) is 3.63. The second-order valence-corrected chi connectivity index (χ2v) is 16.7. The standard InChI is InChI=1S/C43H59N3O6S/c1-7-8-9-12-30-22-36(47)39(34-21-29(6)14-16-33(34)28(4)5)37(23-30)51-19-11-18-44-25-31-15-17-35-40(45-38(48)24-32-13-10-20-53-32)42(49)46(35)41(31)43(50)52-26-27(2)3/h10-11,13,18,20-23,27-28,33-35,40,44,47H,7-9,12,14-17,19,24-26H2,1-6H3,(H,45,48)/b18-11+/t33-,34+,35+,40-/m0/s1. The number of phenolic OH excluding ortho intramolecular Hbond substituents is 1. The molecule has 0 unspecified atom stereocenters. The fraction of sp³-hybridized carbons (Fsp3) is 0.558. The number of thiophene rings is 1. The first-order valence-electron chi connectivity index (χ1n) is 19.6. The van der Waals surface area contributed by atoms with Crippen molar-refractivity contribution in [3.8, 4) is 11.5 Å². The van der Waals surface area contributed by atoms with Gasteiger partial charge in [0.15, 0.2) is 0 Å². The van der Waals surface area contributed by atoms with E-state index in [9.17, 15) is 19.5 Å². The van der Waals surface area contributed by atoms with Crippen LogP contribution in [0.4, 0.5) is 0 Å². The third kappa shape index (κ3) is 10.1. The van der Waals surface area contributed by atoms with E-state index in [4.69, 9.17) is 9.47 Å². The van der Waals surface area contributed by atoms with Gasteiger partial charge in [-0.15, -0.1) is 11.3 Å². The molecule has 4 atom stereocenters. The number of esters is 1. The normalized spacial score (nSPS) is 21.5. The number of ether oxygens (including phenoxy) is 2.